The third-order valence-corrected chi connectivity index (χ3v) is 7.17. The summed E-state index contributed by atoms with van der Waals surface area (Å²) in [5.41, 5.74) is 1.44. The molecular formula is C23H31N5O. The molecule has 1 aromatic heterocycles. The summed E-state index contributed by atoms with van der Waals surface area (Å²) < 4.78 is 2.30. The van der Waals surface area contributed by atoms with Gasteiger partial charge in [-0.3, -0.25) is 4.79 Å². The SMILES string of the molecule is O=C(C1CCC(c2ccccc2)CC1)N1CCC(c2nnc3n2CCNC3)CC1. The Hall–Kier alpha value is -2.21. The number of hydrogen-bond acceptors (Lipinski definition) is 4. The number of rotatable bonds is 3. The minimum absolute atomic E-state index is 0.221. The van der Waals surface area contributed by atoms with Crippen molar-refractivity contribution in [3.8, 4) is 0 Å². The first kappa shape index (κ1) is 18.8. The Balaban J connectivity index is 1.15. The number of aromatic nitrogens is 3. The lowest BCUT2D eigenvalue weighted by Crippen LogP contribution is -2.42. The van der Waals surface area contributed by atoms with Gasteiger partial charge in [0, 0.05) is 38.0 Å². The number of likely N-dealkylation sites (tertiary alicyclic amines) is 1. The molecule has 3 heterocycles. The number of nitrogens with zero attached hydrogens (tertiary/aromatic N) is 4. The van der Waals surface area contributed by atoms with Gasteiger partial charge in [-0.1, -0.05) is 30.3 Å². The van der Waals surface area contributed by atoms with Crippen molar-refractivity contribution in [1.29, 1.82) is 0 Å². The lowest BCUT2D eigenvalue weighted by Gasteiger charge is -2.36. The fourth-order valence-corrected chi connectivity index (χ4v) is 5.43. The molecule has 2 aliphatic heterocycles. The van der Waals surface area contributed by atoms with Crippen LogP contribution in [-0.4, -0.2) is 45.2 Å². The van der Waals surface area contributed by atoms with E-state index >= 15 is 0 Å². The summed E-state index contributed by atoms with van der Waals surface area (Å²) in [5.74, 6) is 3.87. The van der Waals surface area contributed by atoms with Crippen LogP contribution in [0.3, 0.4) is 0 Å². The lowest BCUT2D eigenvalue weighted by atomic mass is 9.78. The molecule has 6 nitrogen and oxygen atoms in total. The molecule has 1 saturated carbocycles. The van der Waals surface area contributed by atoms with Crippen LogP contribution in [0.1, 0.15) is 67.6 Å². The molecule has 5 rings (SSSR count). The first-order valence-electron chi connectivity index (χ1n) is 11.3. The molecule has 0 spiro atoms. The fraction of sp³-hybridized carbons (Fsp3) is 0.609. The van der Waals surface area contributed by atoms with Gasteiger partial charge in [0.15, 0.2) is 0 Å². The first-order valence-corrected chi connectivity index (χ1v) is 11.3. The third-order valence-electron chi connectivity index (χ3n) is 7.17. The minimum atomic E-state index is 0.221. The maximum atomic E-state index is 13.1. The number of carbonyl (C=O) groups excluding carboxylic acids is 1. The molecule has 0 radical (unpaired) electrons. The molecule has 1 N–H and O–H groups in total. The highest BCUT2D eigenvalue weighted by Gasteiger charge is 2.33. The highest BCUT2D eigenvalue weighted by Crippen LogP contribution is 2.37. The molecule has 0 unspecified atom stereocenters. The van der Waals surface area contributed by atoms with E-state index in [9.17, 15) is 4.79 Å². The molecule has 154 valence electrons. The second-order valence-corrected chi connectivity index (χ2v) is 8.86. The van der Waals surface area contributed by atoms with E-state index in [0.29, 0.717) is 17.7 Å². The molecule has 3 aliphatic rings. The fourth-order valence-electron chi connectivity index (χ4n) is 5.43. The third kappa shape index (κ3) is 3.82. The van der Waals surface area contributed by atoms with E-state index in [1.165, 1.54) is 5.56 Å². The van der Waals surface area contributed by atoms with Gasteiger partial charge in [-0.2, -0.15) is 0 Å². The van der Waals surface area contributed by atoms with Crippen LogP contribution in [-0.2, 0) is 17.9 Å². The van der Waals surface area contributed by atoms with Gasteiger partial charge in [-0.05, 0) is 50.0 Å². The molecule has 2 fully saturated rings. The van der Waals surface area contributed by atoms with Crippen LogP contribution in [0.5, 0.6) is 0 Å². The summed E-state index contributed by atoms with van der Waals surface area (Å²) in [6.07, 6.45) is 6.35. The van der Waals surface area contributed by atoms with Gasteiger partial charge in [0.05, 0.1) is 6.54 Å². The van der Waals surface area contributed by atoms with Crippen LogP contribution in [0.25, 0.3) is 0 Å². The van der Waals surface area contributed by atoms with Crippen molar-refractivity contribution in [2.24, 2.45) is 5.92 Å². The summed E-state index contributed by atoms with van der Waals surface area (Å²) in [7, 11) is 0. The molecule has 6 heteroatoms. The highest BCUT2D eigenvalue weighted by molar-refractivity contribution is 5.79. The van der Waals surface area contributed by atoms with Gasteiger partial charge < -0.3 is 14.8 Å². The molecule has 2 aromatic rings. The Bertz CT molecular complexity index is 832. The van der Waals surface area contributed by atoms with Gasteiger partial charge in [0.25, 0.3) is 0 Å². The van der Waals surface area contributed by atoms with Crippen molar-refractivity contribution < 1.29 is 4.79 Å². The van der Waals surface area contributed by atoms with E-state index < -0.39 is 0 Å². The van der Waals surface area contributed by atoms with Crippen LogP contribution in [0.4, 0.5) is 0 Å². The van der Waals surface area contributed by atoms with E-state index in [0.717, 1.165) is 82.9 Å². The van der Waals surface area contributed by atoms with Gasteiger partial charge in [-0.25, -0.2) is 0 Å². The Labute approximate surface area is 172 Å². The maximum Gasteiger partial charge on any atom is 0.225 e. The zero-order valence-corrected chi connectivity index (χ0v) is 17.1. The number of fused-ring (bicyclic) bond motifs is 1. The second kappa shape index (κ2) is 8.27. The number of piperidine rings is 1. The zero-order chi connectivity index (χ0) is 19.6. The van der Waals surface area contributed by atoms with E-state index in [-0.39, 0.29) is 5.92 Å². The van der Waals surface area contributed by atoms with Crippen LogP contribution in [0.2, 0.25) is 0 Å². The van der Waals surface area contributed by atoms with Crippen molar-refractivity contribution in [2.45, 2.75) is 63.5 Å². The van der Waals surface area contributed by atoms with E-state index in [1.54, 1.807) is 0 Å². The van der Waals surface area contributed by atoms with E-state index in [1.807, 2.05) is 0 Å². The molecule has 1 aliphatic carbocycles. The minimum Gasteiger partial charge on any atom is -0.342 e. The first-order chi connectivity index (χ1) is 14.3. The number of benzene rings is 1. The van der Waals surface area contributed by atoms with Gasteiger partial charge >= 0.3 is 0 Å². The van der Waals surface area contributed by atoms with Crippen LogP contribution in [0.15, 0.2) is 30.3 Å². The summed E-state index contributed by atoms with van der Waals surface area (Å²) in [6, 6.07) is 10.8. The second-order valence-electron chi connectivity index (χ2n) is 8.86. The van der Waals surface area contributed by atoms with Crippen LogP contribution < -0.4 is 5.32 Å². The average molecular weight is 394 g/mol. The normalized spacial score (nSPS) is 25.6. The monoisotopic (exact) mass is 393 g/mol. The molecule has 1 aromatic carbocycles. The number of nitrogens with one attached hydrogen (secondary N) is 1. The number of amides is 1. The van der Waals surface area contributed by atoms with Gasteiger partial charge in [-0.15, -0.1) is 10.2 Å². The molecule has 0 bridgehead atoms. The zero-order valence-electron chi connectivity index (χ0n) is 17.1. The smallest absolute Gasteiger partial charge is 0.225 e. The Morgan fingerprint density at radius 1 is 0.897 bits per heavy atom. The average Bonchev–Trinajstić information content (AvgIpc) is 3.24. The van der Waals surface area contributed by atoms with Crippen molar-refractivity contribution >= 4 is 5.91 Å². The molecule has 1 saturated heterocycles. The molecule has 0 atom stereocenters. The predicted molar refractivity (Wildman–Crippen MR) is 111 cm³/mol. The number of hydrogen-bond donors (Lipinski definition) is 1. The summed E-state index contributed by atoms with van der Waals surface area (Å²) in [6.45, 7) is 4.49. The molecule has 1 amide bonds. The van der Waals surface area contributed by atoms with Crippen LogP contribution >= 0.6 is 0 Å². The topological polar surface area (TPSA) is 63.1 Å². The maximum absolute atomic E-state index is 13.1. The van der Waals surface area contributed by atoms with Crippen molar-refractivity contribution in [3.63, 3.8) is 0 Å². The van der Waals surface area contributed by atoms with Gasteiger partial charge in [0.1, 0.15) is 11.6 Å². The standard InChI is InChI=1S/C23H31N5O/c29-23(20-8-6-18(7-9-20)17-4-2-1-3-5-17)27-13-10-19(11-14-27)22-26-25-21-16-24-12-15-28(21)22/h1-5,18-20,24H,6-16H2. The van der Waals surface area contributed by atoms with E-state index in [2.05, 4.69) is 55.3 Å². The Morgan fingerprint density at radius 2 is 1.66 bits per heavy atom. The summed E-state index contributed by atoms with van der Waals surface area (Å²) in [5, 5.41) is 12.2. The van der Waals surface area contributed by atoms with Gasteiger partial charge in [0.2, 0.25) is 5.91 Å². The van der Waals surface area contributed by atoms with Crippen LogP contribution in [0, 0.1) is 5.92 Å². The van der Waals surface area contributed by atoms with Crippen molar-refractivity contribution in [1.82, 2.24) is 25.0 Å². The molecular weight excluding hydrogens is 362 g/mol. The molecule has 29 heavy (non-hydrogen) atoms. The predicted octanol–water partition coefficient (Wildman–Crippen LogP) is 3.06. The number of carbonyl (C=O) groups is 1. The quantitative estimate of drug-likeness (QED) is 0.871. The summed E-state index contributed by atoms with van der Waals surface area (Å²) in [4.78, 5) is 15.2. The Morgan fingerprint density at radius 3 is 2.41 bits per heavy atom. The summed E-state index contributed by atoms with van der Waals surface area (Å²) >= 11 is 0. The lowest BCUT2D eigenvalue weighted by molar-refractivity contribution is -0.137. The largest absolute Gasteiger partial charge is 0.342 e. The van der Waals surface area contributed by atoms with E-state index in [4.69, 9.17) is 0 Å². The Kier molecular flexibility index (Phi) is 5.36. The van der Waals surface area contributed by atoms with Crippen molar-refractivity contribution in [2.75, 3.05) is 19.6 Å². The highest BCUT2D eigenvalue weighted by atomic mass is 16.2. The van der Waals surface area contributed by atoms with Crippen molar-refractivity contribution in [3.05, 3.63) is 47.5 Å².